The molecule has 214 valence electrons. The fourth-order valence-electron chi connectivity index (χ4n) is 7.30. The van der Waals surface area contributed by atoms with Crippen molar-refractivity contribution in [3.05, 3.63) is 163 Å². The lowest BCUT2D eigenvalue weighted by molar-refractivity contribution is 0.660. The summed E-state index contributed by atoms with van der Waals surface area (Å²) in [5.41, 5.74) is 11.4. The number of thiophene rings is 1. The van der Waals surface area contributed by atoms with Gasteiger partial charge in [-0.2, -0.15) is 0 Å². The van der Waals surface area contributed by atoms with E-state index in [4.69, 9.17) is 0 Å². The molecular weight excluding hydrogens is 563 g/mol. The van der Waals surface area contributed by atoms with Crippen LogP contribution in [-0.2, 0) is 5.41 Å². The molecule has 0 fully saturated rings. The van der Waals surface area contributed by atoms with Crippen molar-refractivity contribution in [1.29, 1.82) is 0 Å². The summed E-state index contributed by atoms with van der Waals surface area (Å²) in [6.45, 7) is 4.69. The highest BCUT2D eigenvalue weighted by Crippen LogP contribution is 2.50. The standard InChI is InChI=1S/C43H31NS/c1-43(2)39-15-9-8-14-35(39)36-23-21-34(27-40(36)43)44(32-12-4-3-5-13-32)33-19-16-28(17-20-33)31-18-22-37-38-24-29-10-6-7-11-30(29)25-42(38)45-41(37)26-31/h3-27H,1-2H3. The number of hydrogen-bond acceptors (Lipinski definition) is 2. The monoisotopic (exact) mass is 593 g/mol. The Morgan fingerprint density at radius 2 is 1.07 bits per heavy atom. The van der Waals surface area contributed by atoms with Crippen molar-refractivity contribution in [3.63, 3.8) is 0 Å². The number of fused-ring (bicyclic) bond motifs is 7. The van der Waals surface area contributed by atoms with Gasteiger partial charge in [-0.3, -0.25) is 0 Å². The van der Waals surface area contributed by atoms with E-state index in [-0.39, 0.29) is 5.41 Å². The molecule has 45 heavy (non-hydrogen) atoms. The minimum absolute atomic E-state index is 0.0495. The summed E-state index contributed by atoms with van der Waals surface area (Å²) in [6, 6.07) is 55.8. The molecule has 0 aliphatic heterocycles. The summed E-state index contributed by atoms with van der Waals surface area (Å²) in [5, 5.41) is 5.27. The van der Waals surface area contributed by atoms with Gasteiger partial charge in [-0.05, 0) is 98.8 Å². The van der Waals surface area contributed by atoms with E-state index in [1.807, 2.05) is 11.3 Å². The predicted molar refractivity (Wildman–Crippen MR) is 195 cm³/mol. The number of anilines is 3. The molecule has 8 aromatic rings. The maximum absolute atomic E-state index is 2.40. The van der Waals surface area contributed by atoms with Crippen molar-refractivity contribution in [2.75, 3.05) is 4.90 Å². The molecule has 0 bridgehead atoms. The Morgan fingerprint density at radius 3 is 1.89 bits per heavy atom. The van der Waals surface area contributed by atoms with Crippen LogP contribution in [0.1, 0.15) is 25.0 Å². The lowest BCUT2D eigenvalue weighted by Gasteiger charge is -2.28. The summed E-state index contributed by atoms with van der Waals surface area (Å²) in [6.07, 6.45) is 0. The van der Waals surface area contributed by atoms with Gasteiger partial charge in [0, 0.05) is 42.6 Å². The number of benzene rings is 7. The first-order valence-electron chi connectivity index (χ1n) is 15.6. The van der Waals surface area contributed by atoms with Crippen LogP contribution in [0.3, 0.4) is 0 Å². The van der Waals surface area contributed by atoms with E-state index in [2.05, 4.69) is 170 Å². The van der Waals surface area contributed by atoms with Gasteiger partial charge in [-0.25, -0.2) is 0 Å². The van der Waals surface area contributed by atoms with Crippen LogP contribution < -0.4 is 4.90 Å². The molecular formula is C43H31NS. The first kappa shape index (κ1) is 26.2. The van der Waals surface area contributed by atoms with E-state index in [1.165, 1.54) is 70.0 Å². The van der Waals surface area contributed by atoms with Crippen LogP contribution in [0.4, 0.5) is 17.1 Å². The highest BCUT2D eigenvalue weighted by atomic mass is 32.1. The largest absolute Gasteiger partial charge is 0.310 e. The second kappa shape index (κ2) is 9.92. The highest BCUT2D eigenvalue weighted by molar-refractivity contribution is 7.25. The average molecular weight is 594 g/mol. The maximum Gasteiger partial charge on any atom is 0.0465 e. The molecule has 0 unspecified atom stereocenters. The van der Waals surface area contributed by atoms with Gasteiger partial charge in [0.1, 0.15) is 0 Å². The predicted octanol–water partition coefficient (Wildman–Crippen LogP) is 12.7. The van der Waals surface area contributed by atoms with E-state index in [1.54, 1.807) is 0 Å². The number of rotatable bonds is 4. The molecule has 0 atom stereocenters. The Labute approximate surface area is 267 Å². The van der Waals surface area contributed by atoms with E-state index >= 15 is 0 Å². The molecule has 0 amide bonds. The molecule has 1 aliphatic rings. The Kier molecular flexibility index (Phi) is 5.78. The molecule has 7 aromatic carbocycles. The van der Waals surface area contributed by atoms with E-state index in [9.17, 15) is 0 Å². The van der Waals surface area contributed by atoms with Crippen LogP contribution in [0, 0.1) is 0 Å². The first-order valence-corrected chi connectivity index (χ1v) is 16.4. The van der Waals surface area contributed by atoms with Gasteiger partial charge >= 0.3 is 0 Å². The zero-order chi connectivity index (χ0) is 30.1. The SMILES string of the molecule is CC1(C)c2ccccc2-c2ccc(N(c3ccccc3)c3ccc(-c4ccc5c(c4)sc4cc6ccccc6cc45)cc3)cc21. The van der Waals surface area contributed by atoms with Gasteiger partial charge in [0.2, 0.25) is 0 Å². The van der Waals surface area contributed by atoms with Gasteiger partial charge in [-0.15, -0.1) is 11.3 Å². The smallest absolute Gasteiger partial charge is 0.0465 e. The van der Waals surface area contributed by atoms with Crippen molar-refractivity contribution in [2.24, 2.45) is 0 Å². The quantitative estimate of drug-likeness (QED) is 0.196. The van der Waals surface area contributed by atoms with Crippen LogP contribution in [0.25, 0.3) is 53.2 Å². The molecule has 1 aromatic heterocycles. The number of para-hydroxylation sites is 1. The lowest BCUT2D eigenvalue weighted by Crippen LogP contribution is -2.16. The molecule has 0 saturated carbocycles. The normalized spacial score (nSPS) is 13.3. The Morgan fingerprint density at radius 1 is 0.444 bits per heavy atom. The van der Waals surface area contributed by atoms with Crippen molar-refractivity contribution in [2.45, 2.75) is 19.3 Å². The van der Waals surface area contributed by atoms with Gasteiger partial charge in [-0.1, -0.05) is 111 Å². The van der Waals surface area contributed by atoms with Crippen LogP contribution in [0.15, 0.2) is 152 Å². The van der Waals surface area contributed by atoms with Crippen LogP contribution in [0.2, 0.25) is 0 Å². The topological polar surface area (TPSA) is 3.24 Å². The maximum atomic E-state index is 2.40. The molecule has 1 aliphatic carbocycles. The lowest BCUT2D eigenvalue weighted by atomic mass is 9.82. The van der Waals surface area contributed by atoms with Crippen LogP contribution >= 0.6 is 11.3 Å². The van der Waals surface area contributed by atoms with E-state index in [0.29, 0.717) is 0 Å². The second-order valence-electron chi connectivity index (χ2n) is 12.6. The zero-order valence-corrected chi connectivity index (χ0v) is 26.1. The third-order valence-corrected chi connectivity index (χ3v) is 10.8. The molecule has 0 N–H and O–H groups in total. The van der Waals surface area contributed by atoms with Crippen molar-refractivity contribution in [1.82, 2.24) is 0 Å². The number of nitrogens with zero attached hydrogens (tertiary/aromatic N) is 1. The molecule has 9 rings (SSSR count). The fraction of sp³-hybridized carbons (Fsp3) is 0.0698. The molecule has 2 heteroatoms. The first-order chi connectivity index (χ1) is 22.0. The van der Waals surface area contributed by atoms with Gasteiger partial charge in [0.25, 0.3) is 0 Å². The highest BCUT2D eigenvalue weighted by Gasteiger charge is 2.35. The van der Waals surface area contributed by atoms with Crippen LogP contribution in [-0.4, -0.2) is 0 Å². The van der Waals surface area contributed by atoms with Crippen LogP contribution in [0.5, 0.6) is 0 Å². The third-order valence-electron chi connectivity index (χ3n) is 9.64. The number of hydrogen-bond donors (Lipinski definition) is 0. The fourth-order valence-corrected chi connectivity index (χ4v) is 8.48. The van der Waals surface area contributed by atoms with Gasteiger partial charge < -0.3 is 4.90 Å². The van der Waals surface area contributed by atoms with E-state index in [0.717, 1.165) is 11.4 Å². The minimum Gasteiger partial charge on any atom is -0.310 e. The van der Waals surface area contributed by atoms with Crippen molar-refractivity contribution in [3.8, 4) is 22.3 Å². The molecule has 1 heterocycles. The van der Waals surface area contributed by atoms with Gasteiger partial charge in [0.15, 0.2) is 0 Å². The minimum atomic E-state index is -0.0495. The molecule has 0 spiro atoms. The van der Waals surface area contributed by atoms with Crippen molar-refractivity contribution >= 4 is 59.3 Å². The average Bonchev–Trinajstić information content (AvgIpc) is 3.55. The summed E-state index contributed by atoms with van der Waals surface area (Å²) >= 11 is 1.88. The zero-order valence-electron chi connectivity index (χ0n) is 25.3. The van der Waals surface area contributed by atoms with E-state index < -0.39 is 0 Å². The van der Waals surface area contributed by atoms with Crippen molar-refractivity contribution < 1.29 is 0 Å². The van der Waals surface area contributed by atoms with Gasteiger partial charge in [0.05, 0.1) is 0 Å². The Balaban J connectivity index is 1.11. The summed E-state index contributed by atoms with van der Waals surface area (Å²) in [5.74, 6) is 0. The second-order valence-corrected chi connectivity index (χ2v) is 13.7. The molecule has 0 saturated heterocycles. The third kappa shape index (κ3) is 4.13. The molecule has 1 nitrogen and oxygen atoms in total. The molecule has 0 radical (unpaired) electrons. The Bertz CT molecular complexity index is 2400. The summed E-state index contributed by atoms with van der Waals surface area (Å²) in [4.78, 5) is 2.38. The summed E-state index contributed by atoms with van der Waals surface area (Å²) in [7, 11) is 0. The Hall–Kier alpha value is -5.18. The summed E-state index contributed by atoms with van der Waals surface area (Å²) < 4.78 is 2.67.